The van der Waals surface area contributed by atoms with Crippen molar-refractivity contribution in [1.29, 1.82) is 0 Å². The standard InChI is InChI=1S/2C5H5NS.Zn/c2*7-5-3-1-2-4-6-5;/h2*1-4H,(H,6,7);. The van der Waals surface area contributed by atoms with Gasteiger partial charge in [-0.3, -0.25) is 0 Å². The summed E-state index contributed by atoms with van der Waals surface area (Å²) in [7, 11) is 0. The summed E-state index contributed by atoms with van der Waals surface area (Å²) in [4.78, 5) is 5.69. The third-order valence-corrected chi connectivity index (χ3v) is 1.87. The molecule has 2 aromatic rings. The van der Waals surface area contributed by atoms with Gasteiger partial charge in [0.15, 0.2) is 0 Å². The number of H-pyrrole nitrogens is 2. The minimum absolute atomic E-state index is 0. The molecule has 74 valence electrons. The second kappa shape index (κ2) is 8.65. The van der Waals surface area contributed by atoms with Crippen LogP contribution in [0, 0.1) is 9.28 Å². The number of aromatic nitrogens is 2. The zero-order valence-electron chi connectivity index (χ0n) is 8.14. The van der Waals surface area contributed by atoms with E-state index in [-0.39, 0.29) is 19.5 Å². The van der Waals surface area contributed by atoms with Gasteiger partial charge in [-0.05, 0) is 24.3 Å². The predicted octanol–water partition coefficient (Wildman–Crippen LogP) is 3.49. The van der Waals surface area contributed by atoms with Crippen molar-refractivity contribution in [1.82, 2.24) is 9.97 Å². The van der Waals surface area contributed by atoms with Gasteiger partial charge in [0.1, 0.15) is 9.28 Å². The second-order valence-electron chi connectivity index (χ2n) is 2.45. The van der Waals surface area contributed by atoms with Crippen LogP contribution >= 0.6 is 24.4 Å². The molecule has 0 fully saturated rings. The van der Waals surface area contributed by atoms with Crippen LogP contribution in [0.3, 0.4) is 0 Å². The van der Waals surface area contributed by atoms with E-state index in [1.165, 1.54) is 0 Å². The van der Waals surface area contributed by atoms with E-state index >= 15 is 0 Å². The van der Waals surface area contributed by atoms with Gasteiger partial charge in [0.2, 0.25) is 0 Å². The van der Waals surface area contributed by atoms with Crippen LogP contribution in [0.2, 0.25) is 0 Å². The quantitative estimate of drug-likeness (QED) is 0.574. The van der Waals surface area contributed by atoms with Gasteiger partial charge >= 0.3 is 0 Å². The Labute approximate surface area is 112 Å². The number of hydrogen-bond acceptors (Lipinski definition) is 2. The molecule has 0 spiro atoms. The molecular weight excluding hydrogens is 278 g/mol. The van der Waals surface area contributed by atoms with E-state index in [4.69, 9.17) is 24.4 Å². The molecule has 0 aliphatic heterocycles. The van der Waals surface area contributed by atoms with E-state index in [1.54, 1.807) is 0 Å². The van der Waals surface area contributed by atoms with Gasteiger partial charge in [-0.2, -0.15) is 0 Å². The van der Waals surface area contributed by atoms with Crippen LogP contribution in [-0.2, 0) is 19.5 Å². The first kappa shape index (κ1) is 14.4. The molecule has 0 unspecified atom stereocenters. The minimum Gasteiger partial charge on any atom is -0.353 e. The van der Waals surface area contributed by atoms with E-state index in [0.29, 0.717) is 0 Å². The van der Waals surface area contributed by atoms with Crippen LogP contribution in [-0.4, -0.2) is 9.97 Å². The van der Waals surface area contributed by atoms with Gasteiger partial charge in [-0.1, -0.05) is 36.6 Å². The molecule has 0 aromatic carbocycles. The fourth-order valence-corrected chi connectivity index (χ4v) is 1.05. The molecule has 2 N–H and O–H groups in total. The first-order valence-electron chi connectivity index (χ1n) is 4.06. The molecule has 0 saturated carbocycles. The summed E-state index contributed by atoms with van der Waals surface area (Å²) >= 11 is 9.51. The Morgan fingerprint density at radius 1 is 0.733 bits per heavy atom. The van der Waals surface area contributed by atoms with Crippen molar-refractivity contribution in [3.8, 4) is 0 Å². The summed E-state index contributed by atoms with van der Waals surface area (Å²) in [6, 6.07) is 11.3. The van der Waals surface area contributed by atoms with Crippen molar-refractivity contribution in [2.75, 3.05) is 0 Å². The number of aromatic amines is 2. The van der Waals surface area contributed by atoms with Crippen LogP contribution in [0.25, 0.3) is 0 Å². The Morgan fingerprint density at radius 2 is 1.13 bits per heavy atom. The van der Waals surface area contributed by atoms with Gasteiger partial charge in [-0.15, -0.1) is 0 Å². The first-order valence-corrected chi connectivity index (χ1v) is 4.88. The Morgan fingerprint density at radius 3 is 1.27 bits per heavy atom. The van der Waals surface area contributed by atoms with Crippen LogP contribution in [0.5, 0.6) is 0 Å². The maximum Gasteiger partial charge on any atom is 0.103 e. The van der Waals surface area contributed by atoms with Crippen molar-refractivity contribution in [2.24, 2.45) is 0 Å². The Kier molecular flexibility index (Phi) is 8.29. The third-order valence-electron chi connectivity index (χ3n) is 1.36. The monoisotopic (exact) mass is 286 g/mol. The first-order chi connectivity index (χ1) is 6.79. The summed E-state index contributed by atoms with van der Waals surface area (Å²) in [5.74, 6) is 0. The SMILES string of the molecule is S=c1cccc[nH]1.S=c1cccc[nH]1.[Zn]. The van der Waals surface area contributed by atoms with Crippen LogP contribution < -0.4 is 0 Å². The normalized spacial score (nSPS) is 8.00. The largest absolute Gasteiger partial charge is 0.353 e. The van der Waals surface area contributed by atoms with E-state index in [2.05, 4.69) is 9.97 Å². The number of hydrogen-bond donors (Lipinski definition) is 2. The maximum absolute atomic E-state index is 4.76. The van der Waals surface area contributed by atoms with Crippen LogP contribution in [0.1, 0.15) is 0 Å². The maximum atomic E-state index is 4.76. The average molecular weight is 288 g/mol. The van der Waals surface area contributed by atoms with Crippen molar-refractivity contribution in [3.05, 3.63) is 58.1 Å². The Balaban J connectivity index is 0.000000245. The smallest absolute Gasteiger partial charge is 0.103 e. The van der Waals surface area contributed by atoms with Gasteiger partial charge < -0.3 is 9.97 Å². The minimum atomic E-state index is 0. The molecule has 0 aliphatic carbocycles. The summed E-state index contributed by atoms with van der Waals surface area (Å²) < 4.78 is 1.56. The van der Waals surface area contributed by atoms with E-state index in [9.17, 15) is 0 Å². The van der Waals surface area contributed by atoms with Crippen molar-refractivity contribution in [2.45, 2.75) is 0 Å². The van der Waals surface area contributed by atoms with Gasteiger partial charge in [0.05, 0.1) is 0 Å². The summed E-state index contributed by atoms with van der Waals surface area (Å²) in [5, 5.41) is 0. The molecular formula is C10H10N2S2Zn. The molecule has 0 bridgehead atoms. The molecule has 0 saturated heterocycles. The molecule has 2 aromatic heterocycles. The summed E-state index contributed by atoms with van der Waals surface area (Å²) in [6.07, 6.45) is 3.62. The summed E-state index contributed by atoms with van der Waals surface area (Å²) in [6.45, 7) is 0. The third kappa shape index (κ3) is 7.31. The molecule has 0 amide bonds. The zero-order chi connectivity index (χ0) is 10.2. The fraction of sp³-hybridized carbons (Fsp3) is 0. The summed E-state index contributed by atoms with van der Waals surface area (Å²) in [5.41, 5.74) is 0. The molecule has 0 aliphatic rings. The fourth-order valence-electron chi connectivity index (χ4n) is 0.754. The Bertz CT molecular complexity index is 398. The zero-order valence-corrected chi connectivity index (χ0v) is 12.7. The topological polar surface area (TPSA) is 31.6 Å². The number of pyridine rings is 2. The van der Waals surface area contributed by atoms with E-state index in [1.807, 2.05) is 48.8 Å². The molecule has 0 radical (unpaired) electrons. The van der Waals surface area contributed by atoms with Gasteiger partial charge in [0.25, 0.3) is 0 Å². The molecule has 0 atom stereocenters. The van der Waals surface area contributed by atoms with Gasteiger partial charge in [-0.25, -0.2) is 0 Å². The molecule has 5 heteroatoms. The molecule has 15 heavy (non-hydrogen) atoms. The Hall–Kier alpha value is -0.637. The molecule has 2 heterocycles. The van der Waals surface area contributed by atoms with Crippen LogP contribution in [0.4, 0.5) is 0 Å². The van der Waals surface area contributed by atoms with Crippen molar-refractivity contribution < 1.29 is 19.5 Å². The van der Waals surface area contributed by atoms with E-state index < -0.39 is 0 Å². The van der Waals surface area contributed by atoms with Crippen molar-refractivity contribution >= 4 is 24.4 Å². The van der Waals surface area contributed by atoms with Crippen molar-refractivity contribution in [3.63, 3.8) is 0 Å². The number of rotatable bonds is 0. The average Bonchev–Trinajstić information content (AvgIpc) is 2.21. The second-order valence-corrected chi connectivity index (χ2v) is 3.33. The number of nitrogens with one attached hydrogen (secondary N) is 2. The van der Waals surface area contributed by atoms with Gasteiger partial charge in [0, 0.05) is 31.9 Å². The molecule has 2 nitrogen and oxygen atoms in total. The molecule has 2 rings (SSSR count). The predicted molar refractivity (Wildman–Crippen MR) is 63.3 cm³/mol. The van der Waals surface area contributed by atoms with Crippen LogP contribution in [0.15, 0.2) is 48.8 Å². The van der Waals surface area contributed by atoms with E-state index in [0.717, 1.165) is 9.28 Å².